The van der Waals surface area contributed by atoms with Crippen molar-refractivity contribution in [3.05, 3.63) is 24.3 Å². The molecule has 5 heteroatoms. The maximum atomic E-state index is 12.0. The number of carbonyl (C=O) groups is 2. The van der Waals surface area contributed by atoms with Crippen molar-refractivity contribution >= 4 is 23.2 Å². The summed E-state index contributed by atoms with van der Waals surface area (Å²) in [4.78, 5) is 25.0. The lowest BCUT2D eigenvalue weighted by atomic mass is 10.1. The van der Waals surface area contributed by atoms with Crippen LogP contribution >= 0.6 is 0 Å². The van der Waals surface area contributed by atoms with Gasteiger partial charge in [-0.1, -0.05) is 12.1 Å². The number of hydrogen-bond donors (Lipinski definition) is 2. The standard InChI is InChI=1S/C12H15N3O2/c13-7-3-6-12(17)15-8-11(16)14-9-4-1-2-5-10(9)15/h1-2,4-5H,3,6-8,13H2,(H,14,16). The van der Waals surface area contributed by atoms with Crippen LogP contribution in [0, 0.1) is 0 Å². The van der Waals surface area contributed by atoms with E-state index in [1.165, 1.54) is 4.90 Å². The monoisotopic (exact) mass is 233 g/mol. The number of rotatable bonds is 3. The SMILES string of the molecule is NCCCC(=O)N1CC(=O)Nc2ccccc21. The second-order valence-electron chi connectivity index (χ2n) is 3.94. The minimum atomic E-state index is -0.162. The molecule has 0 atom stereocenters. The van der Waals surface area contributed by atoms with Crippen molar-refractivity contribution in [3.8, 4) is 0 Å². The van der Waals surface area contributed by atoms with E-state index in [1.807, 2.05) is 18.2 Å². The smallest absolute Gasteiger partial charge is 0.244 e. The van der Waals surface area contributed by atoms with E-state index < -0.39 is 0 Å². The summed E-state index contributed by atoms with van der Waals surface area (Å²) in [5.74, 6) is -0.220. The van der Waals surface area contributed by atoms with Crippen LogP contribution in [0.3, 0.4) is 0 Å². The van der Waals surface area contributed by atoms with Gasteiger partial charge in [-0.2, -0.15) is 0 Å². The predicted octanol–water partition coefficient (Wildman–Crippen LogP) is 0.711. The Morgan fingerprint density at radius 1 is 1.41 bits per heavy atom. The third-order valence-electron chi connectivity index (χ3n) is 2.67. The molecule has 0 radical (unpaired) electrons. The molecule has 3 N–H and O–H groups in total. The predicted molar refractivity (Wildman–Crippen MR) is 65.7 cm³/mol. The molecular weight excluding hydrogens is 218 g/mol. The number of para-hydroxylation sites is 2. The van der Waals surface area contributed by atoms with E-state index in [9.17, 15) is 9.59 Å². The first-order valence-electron chi connectivity index (χ1n) is 5.61. The van der Waals surface area contributed by atoms with Gasteiger partial charge in [-0.3, -0.25) is 9.59 Å². The van der Waals surface area contributed by atoms with Crippen molar-refractivity contribution in [2.75, 3.05) is 23.3 Å². The molecule has 17 heavy (non-hydrogen) atoms. The number of amides is 2. The van der Waals surface area contributed by atoms with E-state index >= 15 is 0 Å². The molecule has 0 saturated carbocycles. The van der Waals surface area contributed by atoms with Crippen LogP contribution in [0.25, 0.3) is 0 Å². The largest absolute Gasteiger partial charge is 0.330 e. The lowest BCUT2D eigenvalue weighted by Gasteiger charge is -2.29. The summed E-state index contributed by atoms with van der Waals surface area (Å²) in [5.41, 5.74) is 6.82. The van der Waals surface area contributed by atoms with Crippen LogP contribution in [0.2, 0.25) is 0 Å². The quantitative estimate of drug-likeness (QED) is 0.807. The number of hydrogen-bond acceptors (Lipinski definition) is 3. The van der Waals surface area contributed by atoms with Crippen molar-refractivity contribution in [1.82, 2.24) is 0 Å². The maximum Gasteiger partial charge on any atom is 0.244 e. The van der Waals surface area contributed by atoms with E-state index in [2.05, 4.69) is 5.32 Å². The average Bonchev–Trinajstić information content (AvgIpc) is 2.34. The normalized spacial score (nSPS) is 14.2. The van der Waals surface area contributed by atoms with Gasteiger partial charge in [0.1, 0.15) is 6.54 Å². The maximum absolute atomic E-state index is 12.0. The summed E-state index contributed by atoms with van der Waals surface area (Å²) in [5, 5.41) is 2.74. The number of nitrogens with one attached hydrogen (secondary N) is 1. The summed E-state index contributed by atoms with van der Waals surface area (Å²) in [6.07, 6.45) is 1.01. The Balaban J connectivity index is 2.23. The van der Waals surface area contributed by atoms with Crippen LogP contribution in [-0.2, 0) is 9.59 Å². The fourth-order valence-corrected chi connectivity index (χ4v) is 1.84. The summed E-state index contributed by atoms with van der Waals surface area (Å²) >= 11 is 0. The third-order valence-corrected chi connectivity index (χ3v) is 2.67. The molecule has 0 unspecified atom stereocenters. The van der Waals surface area contributed by atoms with Gasteiger partial charge in [0.15, 0.2) is 0 Å². The third kappa shape index (κ3) is 2.45. The highest BCUT2D eigenvalue weighted by molar-refractivity contribution is 6.09. The second kappa shape index (κ2) is 4.97. The first-order valence-corrected chi connectivity index (χ1v) is 5.61. The molecule has 1 aromatic carbocycles. The van der Waals surface area contributed by atoms with Crippen LogP contribution in [0.1, 0.15) is 12.8 Å². The van der Waals surface area contributed by atoms with Crippen LogP contribution in [-0.4, -0.2) is 24.9 Å². The summed E-state index contributed by atoms with van der Waals surface area (Å²) in [6, 6.07) is 7.29. The molecular formula is C12H15N3O2. The van der Waals surface area contributed by atoms with Crippen LogP contribution < -0.4 is 16.0 Å². The highest BCUT2D eigenvalue weighted by atomic mass is 16.2. The minimum Gasteiger partial charge on any atom is -0.330 e. The van der Waals surface area contributed by atoms with Crippen molar-refractivity contribution in [1.29, 1.82) is 0 Å². The molecule has 1 aliphatic rings. The van der Waals surface area contributed by atoms with Gasteiger partial charge in [0.25, 0.3) is 0 Å². The molecule has 90 valence electrons. The first-order chi connectivity index (χ1) is 8.22. The molecule has 5 nitrogen and oxygen atoms in total. The molecule has 0 fully saturated rings. The fraction of sp³-hybridized carbons (Fsp3) is 0.333. The molecule has 1 aliphatic heterocycles. The van der Waals surface area contributed by atoms with Crippen molar-refractivity contribution in [2.45, 2.75) is 12.8 Å². The van der Waals surface area contributed by atoms with Crippen LogP contribution in [0.5, 0.6) is 0 Å². The Bertz CT molecular complexity index is 445. The summed E-state index contributed by atoms with van der Waals surface area (Å²) in [6.45, 7) is 0.563. The zero-order valence-corrected chi connectivity index (χ0v) is 9.48. The number of fused-ring (bicyclic) bond motifs is 1. The molecule has 1 heterocycles. The summed E-state index contributed by atoms with van der Waals surface area (Å²) < 4.78 is 0. The van der Waals surface area contributed by atoms with Crippen LogP contribution in [0.15, 0.2) is 24.3 Å². The molecule has 0 aromatic heterocycles. The van der Waals surface area contributed by atoms with Crippen molar-refractivity contribution < 1.29 is 9.59 Å². The van der Waals surface area contributed by atoms with Crippen molar-refractivity contribution in [3.63, 3.8) is 0 Å². The highest BCUT2D eigenvalue weighted by Gasteiger charge is 2.25. The summed E-state index contributed by atoms with van der Waals surface area (Å²) in [7, 11) is 0. The Hall–Kier alpha value is -1.88. The van der Waals surface area contributed by atoms with E-state index in [0.717, 1.165) is 5.69 Å². The Morgan fingerprint density at radius 3 is 2.94 bits per heavy atom. The van der Waals surface area contributed by atoms with Crippen molar-refractivity contribution in [2.24, 2.45) is 5.73 Å². The topological polar surface area (TPSA) is 75.4 Å². The van der Waals surface area contributed by atoms with E-state index in [0.29, 0.717) is 25.1 Å². The average molecular weight is 233 g/mol. The van der Waals surface area contributed by atoms with E-state index in [4.69, 9.17) is 5.73 Å². The zero-order chi connectivity index (χ0) is 12.3. The van der Waals surface area contributed by atoms with Gasteiger partial charge in [0.2, 0.25) is 11.8 Å². The fourth-order valence-electron chi connectivity index (χ4n) is 1.84. The van der Waals surface area contributed by atoms with E-state index in [1.54, 1.807) is 6.07 Å². The first kappa shape index (κ1) is 11.6. The lowest BCUT2D eigenvalue weighted by Crippen LogP contribution is -2.42. The number of benzene rings is 1. The van der Waals surface area contributed by atoms with Gasteiger partial charge in [0.05, 0.1) is 11.4 Å². The Morgan fingerprint density at radius 2 is 2.18 bits per heavy atom. The zero-order valence-electron chi connectivity index (χ0n) is 9.48. The minimum absolute atomic E-state index is 0.0576. The molecule has 2 amide bonds. The van der Waals surface area contributed by atoms with Gasteiger partial charge < -0.3 is 16.0 Å². The number of anilines is 2. The highest BCUT2D eigenvalue weighted by Crippen LogP contribution is 2.29. The molecule has 0 saturated heterocycles. The van der Waals surface area contributed by atoms with E-state index in [-0.39, 0.29) is 18.4 Å². The molecule has 0 aliphatic carbocycles. The Kier molecular flexibility index (Phi) is 3.39. The Labute approximate surface area is 99.6 Å². The molecule has 1 aromatic rings. The molecule has 2 rings (SSSR count). The van der Waals surface area contributed by atoms with Gasteiger partial charge in [-0.25, -0.2) is 0 Å². The number of carbonyl (C=O) groups excluding carboxylic acids is 2. The van der Waals surface area contributed by atoms with Gasteiger partial charge in [0, 0.05) is 6.42 Å². The van der Waals surface area contributed by atoms with Gasteiger partial charge in [-0.05, 0) is 25.1 Å². The molecule has 0 spiro atoms. The van der Waals surface area contributed by atoms with Gasteiger partial charge >= 0.3 is 0 Å². The van der Waals surface area contributed by atoms with Crippen LogP contribution in [0.4, 0.5) is 11.4 Å². The number of nitrogens with two attached hydrogens (primary N) is 1. The second-order valence-corrected chi connectivity index (χ2v) is 3.94. The van der Waals surface area contributed by atoms with Gasteiger partial charge in [-0.15, -0.1) is 0 Å². The number of nitrogens with zero attached hydrogens (tertiary/aromatic N) is 1. The lowest BCUT2D eigenvalue weighted by molar-refractivity contribution is -0.121. The molecule has 0 bridgehead atoms.